The molecule has 0 saturated carbocycles. The Labute approximate surface area is 109 Å². The van der Waals surface area contributed by atoms with Gasteiger partial charge < -0.3 is 15.6 Å². The molecule has 0 aliphatic heterocycles. The number of hydrogen-bond acceptors (Lipinski definition) is 4. The third kappa shape index (κ3) is 1.77. The largest absolute Gasteiger partial charge is 0.382 e. The maximum absolute atomic E-state index is 11.5. The number of nitrogen functional groups attached to an aromatic ring is 1. The Balaban J connectivity index is 2.33. The first-order valence-corrected chi connectivity index (χ1v) is 5.90. The van der Waals surface area contributed by atoms with Gasteiger partial charge in [-0.1, -0.05) is 18.2 Å². The van der Waals surface area contributed by atoms with Gasteiger partial charge in [-0.05, 0) is 6.07 Å². The maximum atomic E-state index is 11.5. The van der Waals surface area contributed by atoms with Crippen LogP contribution in [0.3, 0.4) is 0 Å². The predicted molar refractivity (Wildman–Crippen MR) is 73.5 cm³/mol. The Kier molecular flexibility index (Phi) is 2.56. The lowest BCUT2D eigenvalue weighted by Gasteiger charge is -2.06. The molecule has 0 bridgehead atoms. The molecule has 1 amide bonds. The second kappa shape index (κ2) is 4.24. The molecule has 0 atom stereocenters. The van der Waals surface area contributed by atoms with E-state index in [1.165, 1.54) is 0 Å². The fraction of sp³-hybridized carbons (Fsp3) is 0.154. The summed E-state index contributed by atoms with van der Waals surface area (Å²) in [5, 5.41) is 3.53. The summed E-state index contributed by atoms with van der Waals surface area (Å²) in [6.45, 7) is 0.209. The van der Waals surface area contributed by atoms with E-state index in [2.05, 4.69) is 15.3 Å². The summed E-state index contributed by atoms with van der Waals surface area (Å²) in [5.41, 5.74) is 8.18. The highest BCUT2D eigenvalue weighted by Gasteiger charge is 2.13. The van der Waals surface area contributed by atoms with Gasteiger partial charge in [-0.2, -0.15) is 0 Å². The highest BCUT2D eigenvalue weighted by atomic mass is 16.1. The van der Waals surface area contributed by atoms with E-state index in [0.717, 1.165) is 16.4 Å². The lowest BCUT2D eigenvalue weighted by molar-refractivity contribution is -0.121. The molecule has 6 nitrogen and oxygen atoms in total. The number of likely N-dealkylation sites (N-methyl/N-ethyl adjacent to an activating group) is 1. The highest BCUT2D eigenvalue weighted by molar-refractivity contribution is 6.06. The van der Waals surface area contributed by atoms with Crippen molar-refractivity contribution in [2.24, 2.45) is 0 Å². The van der Waals surface area contributed by atoms with E-state index in [9.17, 15) is 4.79 Å². The predicted octanol–water partition coefficient (Wildman–Crippen LogP) is 0.913. The summed E-state index contributed by atoms with van der Waals surface area (Å²) in [4.78, 5) is 20.1. The molecule has 6 heteroatoms. The van der Waals surface area contributed by atoms with Crippen LogP contribution in [0.25, 0.3) is 21.9 Å². The number of nitrogens with one attached hydrogen (secondary N) is 1. The van der Waals surface area contributed by atoms with Crippen LogP contribution in [0.4, 0.5) is 5.82 Å². The smallest absolute Gasteiger partial charge is 0.239 e. The number of pyridine rings is 1. The number of anilines is 1. The maximum Gasteiger partial charge on any atom is 0.239 e. The number of amides is 1. The first kappa shape index (κ1) is 11.5. The molecule has 2 aromatic heterocycles. The zero-order chi connectivity index (χ0) is 13.4. The Bertz CT molecular complexity index is 777. The van der Waals surface area contributed by atoms with Crippen molar-refractivity contribution in [1.29, 1.82) is 0 Å². The van der Waals surface area contributed by atoms with Crippen LogP contribution in [0.2, 0.25) is 0 Å². The normalized spacial score (nSPS) is 11.0. The number of aromatic nitrogens is 3. The van der Waals surface area contributed by atoms with E-state index in [4.69, 9.17) is 5.73 Å². The van der Waals surface area contributed by atoms with Crippen molar-refractivity contribution in [2.75, 3.05) is 12.8 Å². The van der Waals surface area contributed by atoms with Crippen molar-refractivity contribution in [3.63, 3.8) is 0 Å². The van der Waals surface area contributed by atoms with E-state index < -0.39 is 0 Å². The van der Waals surface area contributed by atoms with Crippen molar-refractivity contribution >= 4 is 33.7 Å². The number of fused-ring (bicyclic) bond motifs is 3. The third-order valence-electron chi connectivity index (χ3n) is 3.07. The minimum Gasteiger partial charge on any atom is -0.382 e. The SMILES string of the molecule is CNC(=O)Cn1cnc2c(N)nc3ccccc3c21. The molecule has 0 fully saturated rings. The second-order valence-electron chi connectivity index (χ2n) is 4.26. The molecule has 0 aliphatic carbocycles. The molecule has 96 valence electrons. The van der Waals surface area contributed by atoms with Crippen molar-refractivity contribution in [1.82, 2.24) is 19.9 Å². The molecule has 3 rings (SSSR count). The zero-order valence-electron chi connectivity index (χ0n) is 10.4. The zero-order valence-corrected chi connectivity index (χ0v) is 10.4. The van der Waals surface area contributed by atoms with Gasteiger partial charge in [-0.15, -0.1) is 0 Å². The Morgan fingerprint density at radius 3 is 3.00 bits per heavy atom. The number of rotatable bonds is 2. The number of carbonyl (C=O) groups is 1. The molecule has 0 unspecified atom stereocenters. The molecule has 0 saturated heterocycles. The first-order valence-electron chi connectivity index (χ1n) is 5.90. The lowest BCUT2D eigenvalue weighted by atomic mass is 10.2. The fourth-order valence-electron chi connectivity index (χ4n) is 2.16. The van der Waals surface area contributed by atoms with Gasteiger partial charge in [0.2, 0.25) is 5.91 Å². The monoisotopic (exact) mass is 255 g/mol. The number of imidazole rings is 1. The highest BCUT2D eigenvalue weighted by Crippen LogP contribution is 2.26. The number of para-hydroxylation sites is 1. The number of nitrogens with zero attached hydrogens (tertiary/aromatic N) is 3. The van der Waals surface area contributed by atoms with Crippen LogP contribution in [-0.2, 0) is 11.3 Å². The van der Waals surface area contributed by atoms with Crippen LogP contribution in [0, 0.1) is 0 Å². The molecule has 2 heterocycles. The van der Waals surface area contributed by atoms with Crippen LogP contribution in [0.15, 0.2) is 30.6 Å². The van der Waals surface area contributed by atoms with Gasteiger partial charge in [-0.25, -0.2) is 9.97 Å². The van der Waals surface area contributed by atoms with Gasteiger partial charge in [-0.3, -0.25) is 4.79 Å². The number of carbonyl (C=O) groups excluding carboxylic acids is 1. The van der Waals surface area contributed by atoms with Crippen molar-refractivity contribution in [3.8, 4) is 0 Å². The Morgan fingerprint density at radius 1 is 1.42 bits per heavy atom. The molecular weight excluding hydrogens is 242 g/mol. The van der Waals surface area contributed by atoms with Gasteiger partial charge >= 0.3 is 0 Å². The van der Waals surface area contributed by atoms with Gasteiger partial charge in [0, 0.05) is 12.4 Å². The topological polar surface area (TPSA) is 85.8 Å². The van der Waals surface area contributed by atoms with Crippen LogP contribution < -0.4 is 11.1 Å². The Hall–Kier alpha value is -2.63. The van der Waals surface area contributed by atoms with Crippen LogP contribution in [0.5, 0.6) is 0 Å². The number of hydrogen-bond donors (Lipinski definition) is 2. The van der Waals surface area contributed by atoms with Gasteiger partial charge in [0.15, 0.2) is 5.82 Å². The quantitative estimate of drug-likeness (QED) is 0.712. The molecular formula is C13H13N5O. The van der Waals surface area contributed by atoms with Gasteiger partial charge in [0.25, 0.3) is 0 Å². The minimum absolute atomic E-state index is 0.0845. The Morgan fingerprint density at radius 2 is 2.21 bits per heavy atom. The molecule has 0 aliphatic rings. The van der Waals surface area contributed by atoms with Crippen LogP contribution in [0.1, 0.15) is 0 Å². The van der Waals surface area contributed by atoms with Crippen molar-refractivity contribution in [3.05, 3.63) is 30.6 Å². The summed E-state index contributed by atoms with van der Waals surface area (Å²) in [6, 6.07) is 7.67. The summed E-state index contributed by atoms with van der Waals surface area (Å²) < 4.78 is 1.79. The average molecular weight is 255 g/mol. The second-order valence-corrected chi connectivity index (χ2v) is 4.26. The van der Waals surface area contributed by atoms with E-state index in [-0.39, 0.29) is 12.5 Å². The molecule has 1 aromatic carbocycles. The summed E-state index contributed by atoms with van der Waals surface area (Å²) in [6.07, 6.45) is 1.62. The van der Waals surface area contributed by atoms with Crippen LogP contribution >= 0.6 is 0 Å². The van der Waals surface area contributed by atoms with Crippen LogP contribution in [-0.4, -0.2) is 27.5 Å². The summed E-state index contributed by atoms with van der Waals surface area (Å²) in [7, 11) is 1.61. The van der Waals surface area contributed by atoms with E-state index in [0.29, 0.717) is 11.3 Å². The number of benzene rings is 1. The molecule has 3 N–H and O–H groups in total. The van der Waals surface area contributed by atoms with E-state index in [1.54, 1.807) is 17.9 Å². The van der Waals surface area contributed by atoms with Gasteiger partial charge in [0.05, 0.1) is 17.4 Å². The molecule has 3 aromatic rings. The van der Waals surface area contributed by atoms with E-state index >= 15 is 0 Å². The molecule has 0 spiro atoms. The third-order valence-corrected chi connectivity index (χ3v) is 3.07. The first-order chi connectivity index (χ1) is 9.20. The molecule has 0 radical (unpaired) electrons. The van der Waals surface area contributed by atoms with Crippen molar-refractivity contribution in [2.45, 2.75) is 6.54 Å². The average Bonchev–Trinajstić information content (AvgIpc) is 2.83. The van der Waals surface area contributed by atoms with Gasteiger partial charge in [0.1, 0.15) is 12.1 Å². The van der Waals surface area contributed by atoms with E-state index in [1.807, 2.05) is 24.3 Å². The summed E-state index contributed by atoms with van der Waals surface area (Å²) >= 11 is 0. The lowest BCUT2D eigenvalue weighted by Crippen LogP contribution is -2.23. The minimum atomic E-state index is -0.0845. The summed E-state index contributed by atoms with van der Waals surface area (Å²) in [5.74, 6) is 0.295. The fourth-order valence-corrected chi connectivity index (χ4v) is 2.16. The molecule has 19 heavy (non-hydrogen) atoms. The number of nitrogens with two attached hydrogens (primary N) is 1. The van der Waals surface area contributed by atoms with Crippen molar-refractivity contribution < 1.29 is 4.79 Å². The standard InChI is InChI=1S/C13H13N5O/c1-15-10(19)6-18-7-16-11-12(18)8-4-2-3-5-9(8)17-13(11)14/h2-5,7H,6H2,1H3,(H2,14,17)(H,15,19).